The fraction of sp³-hybridized carbons (Fsp3) is 0.818. The van der Waals surface area contributed by atoms with Crippen molar-refractivity contribution in [1.82, 2.24) is 5.32 Å². The van der Waals surface area contributed by atoms with Crippen LogP contribution >= 0.6 is 0 Å². The van der Waals surface area contributed by atoms with Crippen molar-refractivity contribution >= 4 is 11.9 Å². The summed E-state index contributed by atoms with van der Waals surface area (Å²) in [5, 5.41) is 11.7. The number of nitrogens with one attached hydrogen (secondary N) is 1. The number of rotatable bonds is 5. The Labute approximate surface area is 90.0 Å². The van der Waals surface area contributed by atoms with Gasteiger partial charge in [0.1, 0.15) is 0 Å². The van der Waals surface area contributed by atoms with Crippen molar-refractivity contribution in [3.63, 3.8) is 0 Å². The van der Waals surface area contributed by atoms with Crippen molar-refractivity contribution < 1.29 is 14.7 Å². The molecule has 15 heavy (non-hydrogen) atoms. The topological polar surface area (TPSA) is 66.4 Å². The Morgan fingerprint density at radius 3 is 2.40 bits per heavy atom. The molecule has 0 aromatic rings. The second kappa shape index (κ2) is 5.14. The van der Waals surface area contributed by atoms with Gasteiger partial charge in [0.2, 0.25) is 5.91 Å². The van der Waals surface area contributed by atoms with Crippen molar-refractivity contribution in [3.05, 3.63) is 0 Å². The van der Waals surface area contributed by atoms with E-state index in [0.29, 0.717) is 6.42 Å². The van der Waals surface area contributed by atoms with Crippen LogP contribution in [0.5, 0.6) is 0 Å². The summed E-state index contributed by atoms with van der Waals surface area (Å²) in [7, 11) is 0. The molecule has 0 unspecified atom stereocenters. The molecule has 1 amide bonds. The van der Waals surface area contributed by atoms with Crippen LogP contribution < -0.4 is 5.32 Å². The first-order valence-corrected chi connectivity index (χ1v) is 5.61. The predicted molar refractivity (Wildman–Crippen MR) is 56.5 cm³/mol. The van der Waals surface area contributed by atoms with Gasteiger partial charge in [0.15, 0.2) is 0 Å². The van der Waals surface area contributed by atoms with Gasteiger partial charge in [-0.15, -0.1) is 0 Å². The van der Waals surface area contributed by atoms with Gasteiger partial charge in [-0.1, -0.05) is 19.8 Å². The molecule has 0 aromatic heterocycles. The van der Waals surface area contributed by atoms with E-state index in [1.54, 1.807) is 0 Å². The normalized spacial score (nSPS) is 18.7. The molecule has 0 aliphatic heterocycles. The van der Waals surface area contributed by atoms with Gasteiger partial charge in [0.05, 0.1) is 12.0 Å². The molecule has 1 aliphatic carbocycles. The fourth-order valence-electron chi connectivity index (χ4n) is 2.27. The third-order valence-corrected chi connectivity index (χ3v) is 2.93. The van der Waals surface area contributed by atoms with E-state index in [4.69, 9.17) is 5.11 Å². The number of hydrogen-bond donors (Lipinski definition) is 2. The molecule has 1 rings (SSSR count). The Morgan fingerprint density at radius 1 is 1.33 bits per heavy atom. The molecule has 0 radical (unpaired) electrons. The standard InChI is InChI=1S/C11H19NO3/c1-2-5-9(13)12-11(8-10(14)15)6-3-4-7-11/h2-8H2,1H3,(H,12,13)(H,14,15). The first-order valence-electron chi connectivity index (χ1n) is 5.61. The van der Waals surface area contributed by atoms with Gasteiger partial charge < -0.3 is 10.4 Å². The molecular formula is C11H19NO3. The maximum atomic E-state index is 11.5. The Kier molecular flexibility index (Phi) is 4.12. The smallest absolute Gasteiger partial charge is 0.305 e. The van der Waals surface area contributed by atoms with Crippen LogP contribution in [0.25, 0.3) is 0 Å². The number of hydrogen-bond acceptors (Lipinski definition) is 2. The Balaban J connectivity index is 2.56. The van der Waals surface area contributed by atoms with E-state index < -0.39 is 11.5 Å². The van der Waals surface area contributed by atoms with Crippen LogP contribution in [0.15, 0.2) is 0 Å². The minimum atomic E-state index is -0.825. The van der Waals surface area contributed by atoms with E-state index in [9.17, 15) is 9.59 Å². The van der Waals surface area contributed by atoms with E-state index in [1.165, 1.54) is 0 Å². The van der Waals surface area contributed by atoms with E-state index in [1.807, 2.05) is 6.92 Å². The van der Waals surface area contributed by atoms with Crippen LogP contribution in [0, 0.1) is 0 Å². The van der Waals surface area contributed by atoms with Crippen LogP contribution in [0.2, 0.25) is 0 Å². The second-order valence-corrected chi connectivity index (χ2v) is 4.36. The van der Waals surface area contributed by atoms with Gasteiger partial charge >= 0.3 is 5.97 Å². The minimum absolute atomic E-state index is 0.0133. The number of carbonyl (C=O) groups is 2. The van der Waals surface area contributed by atoms with Crippen LogP contribution in [0.1, 0.15) is 51.9 Å². The quantitative estimate of drug-likeness (QED) is 0.730. The molecule has 1 fully saturated rings. The summed E-state index contributed by atoms with van der Waals surface area (Å²) in [6, 6.07) is 0. The lowest BCUT2D eigenvalue weighted by Crippen LogP contribution is -2.47. The number of carboxylic acid groups (broad SMARTS) is 1. The number of carboxylic acids is 1. The summed E-state index contributed by atoms with van der Waals surface area (Å²) in [5.74, 6) is -0.839. The summed E-state index contributed by atoms with van der Waals surface area (Å²) in [4.78, 5) is 22.2. The maximum Gasteiger partial charge on any atom is 0.305 e. The molecule has 2 N–H and O–H groups in total. The average molecular weight is 213 g/mol. The highest BCUT2D eigenvalue weighted by molar-refractivity contribution is 5.78. The predicted octanol–water partition coefficient (Wildman–Crippen LogP) is 1.69. The van der Waals surface area contributed by atoms with Crippen LogP contribution in [-0.4, -0.2) is 22.5 Å². The van der Waals surface area contributed by atoms with Crippen LogP contribution in [0.3, 0.4) is 0 Å². The van der Waals surface area contributed by atoms with Crippen LogP contribution in [-0.2, 0) is 9.59 Å². The van der Waals surface area contributed by atoms with Crippen molar-refractivity contribution in [2.75, 3.05) is 0 Å². The van der Waals surface area contributed by atoms with Crippen molar-refractivity contribution in [3.8, 4) is 0 Å². The van der Waals surface area contributed by atoms with Gasteiger partial charge in [-0.3, -0.25) is 9.59 Å². The van der Waals surface area contributed by atoms with Crippen molar-refractivity contribution in [2.24, 2.45) is 0 Å². The first-order chi connectivity index (χ1) is 7.08. The van der Waals surface area contributed by atoms with Crippen molar-refractivity contribution in [1.29, 1.82) is 0 Å². The number of aliphatic carboxylic acids is 1. The molecule has 4 heteroatoms. The lowest BCUT2D eigenvalue weighted by molar-refractivity contribution is -0.139. The minimum Gasteiger partial charge on any atom is -0.481 e. The van der Waals surface area contributed by atoms with Gasteiger partial charge in [0.25, 0.3) is 0 Å². The van der Waals surface area contributed by atoms with Gasteiger partial charge in [-0.05, 0) is 19.3 Å². The summed E-state index contributed by atoms with van der Waals surface area (Å²) >= 11 is 0. The highest BCUT2D eigenvalue weighted by Crippen LogP contribution is 2.32. The number of carbonyl (C=O) groups excluding carboxylic acids is 1. The first kappa shape index (κ1) is 12.0. The molecule has 0 atom stereocenters. The van der Waals surface area contributed by atoms with Gasteiger partial charge in [-0.2, -0.15) is 0 Å². The van der Waals surface area contributed by atoms with Crippen LogP contribution in [0.4, 0.5) is 0 Å². The second-order valence-electron chi connectivity index (χ2n) is 4.36. The monoisotopic (exact) mass is 213 g/mol. The molecule has 0 bridgehead atoms. The molecule has 0 spiro atoms. The molecule has 0 heterocycles. The third-order valence-electron chi connectivity index (χ3n) is 2.93. The average Bonchev–Trinajstić information content (AvgIpc) is 2.51. The molecule has 0 aromatic carbocycles. The van der Waals surface area contributed by atoms with Crippen molar-refractivity contribution in [2.45, 2.75) is 57.4 Å². The van der Waals surface area contributed by atoms with E-state index in [2.05, 4.69) is 5.32 Å². The van der Waals surface area contributed by atoms with Gasteiger partial charge in [-0.25, -0.2) is 0 Å². The lowest BCUT2D eigenvalue weighted by Gasteiger charge is -2.28. The molecule has 1 aliphatic rings. The van der Waals surface area contributed by atoms with E-state index in [-0.39, 0.29) is 12.3 Å². The molecule has 86 valence electrons. The summed E-state index contributed by atoms with van der Waals surface area (Å²) in [5.41, 5.74) is -0.460. The van der Waals surface area contributed by atoms with Gasteiger partial charge in [0, 0.05) is 6.42 Å². The summed E-state index contributed by atoms with van der Waals surface area (Å²) in [6.45, 7) is 1.94. The highest BCUT2D eigenvalue weighted by Gasteiger charge is 2.37. The summed E-state index contributed by atoms with van der Waals surface area (Å²) in [6.07, 6.45) is 4.97. The van der Waals surface area contributed by atoms with E-state index in [0.717, 1.165) is 32.1 Å². The maximum absolute atomic E-state index is 11.5. The zero-order valence-electron chi connectivity index (χ0n) is 9.21. The highest BCUT2D eigenvalue weighted by atomic mass is 16.4. The zero-order valence-corrected chi connectivity index (χ0v) is 9.21. The molecule has 1 saturated carbocycles. The Morgan fingerprint density at radius 2 is 1.93 bits per heavy atom. The fourth-order valence-corrected chi connectivity index (χ4v) is 2.27. The molecule has 0 saturated heterocycles. The lowest BCUT2D eigenvalue weighted by atomic mass is 9.93. The Bertz CT molecular complexity index is 244. The third kappa shape index (κ3) is 3.53. The Hall–Kier alpha value is -1.06. The molecule has 4 nitrogen and oxygen atoms in total. The molecular weight excluding hydrogens is 194 g/mol. The number of amides is 1. The summed E-state index contributed by atoms with van der Waals surface area (Å²) < 4.78 is 0. The zero-order chi connectivity index (χ0) is 11.3. The largest absolute Gasteiger partial charge is 0.481 e. The SMILES string of the molecule is CCCC(=O)NC1(CC(=O)O)CCCC1. The van der Waals surface area contributed by atoms with E-state index >= 15 is 0 Å².